The minimum Gasteiger partial charge on any atom is -0.374 e. The lowest BCUT2D eigenvalue weighted by Gasteiger charge is -2.28. The minimum absolute atomic E-state index is 0.278. The molecule has 0 radical (unpaired) electrons. The van der Waals surface area contributed by atoms with Crippen LogP contribution < -0.4 is 11.5 Å². The Bertz CT molecular complexity index is 802. The molecule has 2 rings (SSSR count). The van der Waals surface area contributed by atoms with Crippen molar-refractivity contribution < 1.29 is 13.3 Å². The second-order valence-corrected chi connectivity index (χ2v) is 11.9. The Labute approximate surface area is 217 Å². The molecule has 0 aliphatic carbocycles. The molecule has 0 aliphatic rings. The smallest absolute Gasteiger partial charge is 0.374 e. The predicted octanol–water partition coefficient (Wildman–Crippen LogP) is 4.75. The van der Waals surface area contributed by atoms with Gasteiger partial charge in [-0.15, -0.1) is 0 Å². The molecule has 0 saturated heterocycles. The maximum absolute atomic E-state index is 6.01. The van der Waals surface area contributed by atoms with Crippen LogP contribution >= 0.6 is 0 Å². The molecule has 2 aromatic heterocycles. The van der Waals surface area contributed by atoms with E-state index in [2.05, 4.69) is 30.4 Å². The lowest BCUT2D eigenvalue weighted by atomic mass is 9.95. The van der Waals surface area contributed by atoms with Crippen LogP contribution in [0.15, 0.2) is 0 Å². The summed E-state index contributed by atoms with van der Waals surface area (Å²) in [6.07, 6.45) is 13.6. The zero-order chi connectivity index (χ0) is 26.1. The summed E-state index contributed by atoms with van der Waals surface area (Å²) in [6, 6.07) is 0.808. The first kappa shape index (κ1) is 30.2. The van der Waals surface area contributed by atoms with Gasteiger partial charge in [-0.3, -0.25) is 0 Å². The monoisotopic (exact) mass is 524 g/mol. The average Bonchev–Trinajstić information content (AvgIpc) is 3.47. The average molecular weight is 525 g/mol. The van der Waals surface area contributed by atoms with E-state index in [4.69, 9.17) is 24.7 Å². The van der Waals surface area contributed by atoms with Gasteiger partial charge >= 0.3 is 8.80 Å². The van der Waals surface area contributed by atoms with Gasteiger partial charge in [0.2, 0.25) is 11.9 Å². The lowest BCUT2D eigenvalue weighted by Crippen LogP contribution is -2.45. The number of aryl methyl sites for hydroxylation is 1. The molecule has 11 nitrogen and oxygen atoms in total. The van der Waals surface area contributed by atoms with Gasteiger partial charge in [-0.1, -0.05) is 44.9 Å². The number of hydrogen-bond acceptors (Lipinski definition) is 9. The highest BCUT2D eigenvalue weighted by atomic mass is 28.4. The summed E-state index contributed by atoms with van der Waals surface area (Å²) in [5.74, 6) is 2.69. The van der Waals surface area contributed by atoms with Gasteiger partial charge in [-0.25, -0.2) is 10.2 Å². The van der Waals surface area contributed by atoms with Crippen molar-refractivity contribution >= 4 is 20.7 Å². The van der Waals surface area contributed by atoms with Crippen molar-refractivity contribution in [2.45, 2.75) is 110 Å². The molecule has 0 aromatic carbocycles. The summed E-state index contributed by atoms with van der Waals surface area (Å²) in [4.78, 5) is 8.57. The van der Waals surface area contributed by atoms with E-state index < -0.39 is 8.80 Å². The molecular weight excluding hydrogens is 476 g/mol. The largest absolute Gasteiger partial charge is 0.500 e. The van der Waals surface area contributed by atoms with Gasteiger partial charge in [0.1, 0.15) is 0 Å². The first-order valence-corrected chi connectivity index (χ1v) is 15.7. The molecule has 0 saturated carbocycles. The normalized spacial score (nSPS) is 12.9. The second kappa shape index (κ2) is 17.4. The Morgan fingerprint density at radius 2 is 1.22 bits per heavy atom. The van der Waals surface area contributed by atoms with E-state index in [0.717, 1.165) is 56.2 Å². The Morgan fingerprint density at radius 3 is 1.75 bits per heavy atom. The number of hydrogen-bond donors (Lipinski definition) is 4. The maximum Gasteiger partial charge on any atom is 0.500 e. The van der Waals surface area contributed by atoms with Crippen molar-refractivity contribution in [2.24, 2.45) is 0 Å². The number of rotatable bonds is 22. The highest BCUT2D eigenvalue weighted by Gasteiger charge is 2.39. The van der Waals surface area contributed by atoms with Crippen molar-refractivity contribution in [1.29, 1.82) is 0 Å². The SMILES string of the molecule is CCO[Si](CCCC(CCCCCCCCCCc1n[nH]c(N)n1)c1n[nH]c(N)n1)(OCC)OCC. The van der Waals surface area contributed by atoms with Crippen LogP contribution in [0.25, 0.3) is 0 Å². The van der Waals surface area contributed by atoms with Crippen LogP contribution in [0.3, 0.4) is 0 Å². The van der Waals surface area contributed by atoms with Gasteiger partial charge in [-0.05, 0) is 46.5 Å². The van der Waals surface area contributed by atoms with Crippen LogP contribution in [0, 0.1) is 0 Å². The fourth-order valence-electron chi connectivity index (χ4n) is 4.60. The molecule has 0 spiro atoms. The van der Waals surface area contributed by atoms with Crippen LogP contribution in [-0.4, -0.2) is 59.0 Å². The van der Waals surface area contributed by atoms with Crippen molar-refractivity contribution in [3.63, 3.8) is 0 Å². The standard InChI is InChI=1S/C24H48N8O3Si/c1-4-33-36(34-5-2,35-6-3)19-15-17-20(22-28-24(26)32-30-22)16-13-11-9-7-8-10-12-14-18-21-27-23(25)31-29-21/h20H,4-19H2,1-3H3,(H3,25,27,29,31)(H3,26,28,30,32). The number of nitrogen functional groups attached to an aromatic ring is 2. The van der Waals surface area contributed by atoms with Crippen molar-refractivity contribution in [3.8, 4) is 0 Å². The molecule has 1 atom stereocenters. The molecule has 1 unspecified atom stereocenters. The molecule has 2 aromatic rings. The fraction of sp³-hybridized carbons (Fsp3) is 0.833. The highest BCUT2D eigenvalue weighted by Crippen LogP contribution is 2.29. The Hall–Kier alpha value is -2.02. The molecule has 0 amide bonds. The number of aromatic nitrogens is 6. The molecule has 0 fully saturated rings. The number of unbranched alkanes of at least 4 members (excludes halogenated alkanes) is 7. The zero-order valence-corrected chi connectivity index (χ0v) is 23.6. The molecule has 6 N–H and O–H groups in total. The number of aromatic amines is 2. The van der Waals surface area contributed by atoms with Crippen LogP contribution in [0.5, 0.6) is 0 Å². The van der Waals surface area contributed by atoms with Crippen molar-refractivity contribution in [1.82, 2.24) is 30.4 Å². The van der Waals surface area contributed by atoms with Gasteiger partial charge in [0.05, 0.1) is 0 Å². The second-order valence-electron chi connectivity index (χ2n) is 9.15. The number of H-pyrrole nitrogens is 2. The van der Waals surface area contributed by atoms with E-state index in [9.17, 15) is 0 Å². The van der Waals surface area contributed by atoms with Crippen LogP contribution in [-0.2, 0) is 19.7 Å². The van der Waals surface area contributed by atoms with Gasteiger partial charge in [-0.2, -0.15) is 20.2 Å². The highest BCUT2D eigenvalue weighted by molar-refractivity contribution is 6.60. The summed E-state index contributed by atoms with van der Waals surface area (Å²) in [5.41, 5.74) is 11.4. The summed E-state index contributed by atoms with van der Waals surface area (Å²) in [6.45, 7) is 7.78. The topological polar surface area (TPSA) is 163 Å². The minimum atomic E-state index is -2.63. The number of nitrogens with two attached hydrogens (primary N) is 2. The van der Waals surface area contributed by atoms with Crippen LogP contribution in [0.2, 0.25) is 6.04 Å². The first-order valence-electron chi connectivity index (χ1n) is 13.8. The zero-order valence-electron chi connectivity index (χ0n) is 22.6. The van der Waals surface area contributed by atoms with Crippen LogP contribution in [0.1, 0.15) is 109 Å². The number of nitrogens with one attached hydrogen (secondary N) is 2. The van der Waals surface area contributed by atoms with E-state index in [-0.39, 0.29) is 5.92 Å². The summed E-state index contributed by atoms with van der Waals surface area (Å²) in [5, 5.41) is 13.9. The van der Waals surface area contributed by atoms with Gasteiger partial charge in [0.15, 0.2) is 11.6 Å². The van der Waals surface area contributed by atoms with E-state index in [1.165, 1.54) is 38.5 Å². The maximum atomic E-state index is 6.01. The third-order valence-electron chi connectivity index (χ3n) is 6.27. The van der Waals surface area contributed by atoms with Gasteiger partial charge in [0.25, 0.3) is 0 Å². The van der Waals surface area contributed by atoms with Crippen molar-refractivity contribution in [2.75, 3.05) is 31.3 Å². The van der Waals surface area contributed by atoms with Gasteiger partial charge in [0, 0.05) is 38.2 Å². The molecular formula is C24H48N8O3Si. The fourth-order valence-corrected chi connectivity index (χ4v) is 7.24. The molecule has 36 heavy (non-hydrogen) atoms. The Morgan fingerprint density at radius 1 is 0.694 bits per heavy atom. The third-order valence-corrected chi connectivity index (χ3v) is 9.42. The van der Waals surface area contributed by atoms with Gasteiger partial charge < -0.3 is 24.7 Å². The Kier molecular flexibility index (Phi) is 14.6. The first-order chi connectivity index (χ1) is 17.5. The number of anilines is 2. The molecule has 0 aliphatic heterocycles. The third kappa shape index (κ3) is 11.4. The molecule has 12 heteroatoms. The Balaban J connectivity index is 1.66. The van der Waals surface area contributed by atoms with Crippen molar-refractivity contribution in [3.05, 3.63) is 11.6 Å². The quantitative estimate of drug-likeness (QED) is 0.126. The molecule has 0 bridgehead atoms. The molecule has 206 valence electrons. The van der Waals surface area contributed by atoms with E-state index >= 15 is 0 Å². The van der Waals surface area contributed by atoms with E-state index in [1.807, 2.05) is 20.8 Å². The number of nitrogens with zero attached hydrogens (tertiary/aromatic N) is 4. The van der Waals surface area contributed by atoms with E-state index in [0.29, 0.717) is 31.7 Å². The van der Waals surface area contributed by atoms with Crippen LogP contribution in [0.4, 0.5) is 11.9 Å². The summed E-state index contributed by atoms with van der Waals surface area (Å²) < 4.78 is 18.0. The summed E-state index contributed by atoms with van der Waals surface area (Å²) in [7, 11) is -2.63. The predicted molar refractivity (Wildman–Crippen MR) is 144 cm³/mol. The van der Waals surface area contributed by atoms with E-state index in [1.54, 1.807) is 0 Å². The molecule has 2 heterocycles. The lowest BCUT2D eigenvalue weighted by molar-refractivity contribution is 0.0705. The summed E-state index contributed by atoms with van der Waals surface area (Å²) >= 11 is 0.